The van der Waals surface area contributed by atoms with E-state index in [2.05, 4.69) is 10.3 Å². The SMILES string of the molecule is Cc1ccc2[nH]cc(C3/C(=C(/O)c4ccccc4)C(=O)C(=O)N3CCNCCO)c2c1. The first-order valence-electron chi connectivity index (χ1n) is 10.3. The van der Waals surface area contributed by atoms with Crippen molar-refractivity contribution in [3.63, 3.8) is 0 Å². The fraction of sp³-hybridized carbons (Fsp3) is 0.250. The summed E-state index contributed by atoms with van der Waals surface area (Å²) in [4.78, 5) is 30.7. The van der Waals surface area contributed by atoms with Crippen LogP contribution >= 0.6 is 0 Å². The molecule has 2 aromatic carbocycles. The number of carbonyl (C=O) groups excluding carboxylic acids is 2. The summed E-state index contributed by atoms with van der Waals surface area (Å²) in [5, 5.41) is 24.0. The molecule has 0 saturated carbocycles. The van der Waals surface area contributed by atoms with Gasteiger partial charge >= 0.3 is 0 Å². The van der Waals surface area contributed by atoms with Gasteiger partial charge in [-0.05, 0) is 19.1 Å². The maximum atomic E-state index is 13.0. The number of ketones is 1. The number of aliphatic hydroxyl groups excluding tert-OH is 2. The molecule has 2 heterocycles. The number of aliphatic hydroxyl groups is 2. The molecule has 4 N–H and O–H groups in total. The van der Waals surface area contributed by atoms with Gasteiger partial charge in [0, 0.05) is 47.9 Å². The van der Waals surface area contributed by atoms with Gasteiger partial charge in [-0.3, -0.25) is 9.59 Å². The molecule has 160 valence electrons. The summed E-state index contributed by atoms with van der Waals surface area (Å²) in [5.74, 6) is -1.53. The Labute approximate surface area is 180 Å². The lowest BCUT2D eigenvalue weighted by Gasteiger charge is -2.25. The van der Waals surface area contributed by atoms with Crippen molar-refractivity contribution in [3.05, 3.63) is 77.0 Å². The van der Waals surface area contributed by atoms with E-state index in [1.54, 1.807) is 30.5 Å². The van der Waals surface area contributed by atoms with E-state index in [-0.39, 0.29) is 24.5 Å². The highest BCUT2D eigenvalue weighted by molar-refractivity contribution is 6.46. The lowest BCUT2D eigenvalue weighted by Crippen LogP contribution is -2.36. The molecule has 1 aromatic heterocycles. The number of aromatic amines is 1. The summed E-state index contributed by atoms with van der Waals surface area (Å²) in [5.41, 5.74) is 3.28. The molecule has 1 atom stereocenters. The van der Waals surface area contributed by atoms with Crippen LogP contribution in [0.15, 0.2) is 60.3 Å². The number of H-pyrrole nitrogens is 1. The second-order valence-electron chi connectivity index (χ2n) is 7.63. The lowest BCUT2D eigenvalue weighted by atomic mass is 9.94. The number of fused-ring (bicyclic) bond motifs is 1. The Morgan fingerprint density at radius 2 is 1.90 bits per heavy atom. The van der Waals surface area contributed by atoms with Crippen LogP contribution in [0.3, 0.4) is 0 Å². The summed E-state index contributed by atoms with van der Waals surface area (Å²) < 4.78 is 0. The molecular weight excluding hydrogens is 394 g/mol. The molecule has 1 unspecified atom stereocenters. The highest BCUT2D eigenvalue weighted by atomic mass is 16.3. The zero-order valence-corrected chi connectivity index (χ0v) is 17.3. The Balaban J connectivity index is 1.85. The van der Waals surface area contributed by atoms with E-state index in [1.807, 2.05) is 31.2 Å². The standard InChI is InChI=1S/C24H25N3O4/c1-15-7-8-19-17(13-15)18(14-26-19)21-20(22(29)16-5-3-2-4-6-16)23(30)24(31)27(21)11-9-25-10-12-28/h2-8,13-14,21,25-26,28-29H,9-12H2,1H3/b22-20-. The highest BCUT2D eigenvalue weighted by Gasteiger charge is 2.46. The predicted octanol–water partition coefficient (Wildman–Crippen LogP) is 2.48. The third-order valence-electron chi connectivity index (χ3n) is 5.57. The zero-order valence-electron chi connectivity index (χ0n) is 17.3. The fourth-order valence-corrected chi connectivity index (χ4v) is 4.07. The van der Waals surface area contributed by atoms with Crippen LogP contribution in [0.2, 0.25) is 0 Å². The van der Waals surface area contributed by atoms with Crippen LogP contribution < -0.4 is 5.32 Å². The molecule has 1 aliphatic heterocycles. The minimum absolute atomic E-state index is 0.0159. The number of likely N-dealkylation sites (tertiary alicyclic amines) is 1. The molecule has 1 saturated heterocycles. The summed E-state index contributed by atoms with van der Waals surface area (Å²) >= 11 is 0. The number of nitrogens with zero attached hydrogens (tertiary/aromatic N) is 1. The number of aromatic nitrogens is 1. The van der Waals surface area contributed by atoms with Gasteiger partial charge in [-0.25, -0.2) is 0 Å². The van der Waals surface area contributed by atoms with Crippen LogP contribution in [0.5, 0.6) is 0 Å². The van der Waals surface area contributed by atoms with E-state index in [9.17, 15) is 14.7 Å². The average molecular weight is 419 g/mol. The number of carbonyl (C=O) groups is 2. The van der Waals surface area contributed by atoms with Gasteiger partial charge in [-0.1, -0.05) is 42.0 Å². The summed E-state index contributed by atoms with van der Waals surface area (Å²) in [7, 11) is 0. The third kappa shape index (κ3) is 3.85. The van der Waals surface area contributed by atoms with E-state index in [0.29, 0.717) is 18.7 Å². The maximum absolute atomic E-state index is 13.0. The van der Waals surface area contributed by atoms with E-state index in [1.165, 1.54) is 4.90 Å². The van der Waals surface area contributed by atoms with Crippen molar-refractivity contribution >= 4 is 28.4 Å². The zero-order chi connectivity index (χ0) is 22.0. The first-order valence-corrected chi connectivity index (χ1v) is 10.3. The molecule has 0 aliphatic carbocycles. The van der Waals surface area contributed by atoms with Crippen molar-refractivity contribution in [1.82, 2.24) is 15.2 Å². The Kier molecular flexibility index (Phi) is 5.88. The summed E-state index contributed by atoms with van der Waals surface area (Å²) in [6, 6.07) is 14.0. The van der Waals surface area contributed by atoms with E-state index < -0.39 is 17.7 Å². The second kappa shape index (κ2) is 8.75. The van der Waals surface area contributed by atoms with Crippen LogP contribution in [-0.4, -0.2) is 58.0 Å². The normalized spacial score (nSPS) is 18.3. The van der Waals surface area contributed by atoms with Gasteiger partial charge in [0.2, 0.25) is 0 Å². The number of rotatable bonds is 7. The summed E-state index contributed by atoms with van der Waals surface area (Å²) in [6.45, 7) is 3.04. The van der Waals surface area contributed by atoms with Crippen LogP contribution in [0, 0.1) is 6.92 Å². The van der Waals surface area contributed by atoms with Crippen molar-refractivity contribution in [2.24, 2.45) is 0 Å². The van der Waals surface area contributed by atoms with Crippen molar-refractivity contribution < 1.29 is 19.8 Å². The van der Waals surface area contributed by atoms with Gasteiger partial charge < -0.3 is 25.4 Å². The second-order valence-corrected chi connectivity index (χ2v) is 7.63. The van der Waals surface area contributed by atoms with Crippen molar-refractivity contribution in [2.45, 2.75) is 13.0 Å². The number of amides is 1. The van der Waals surface area contributed by atoms with Gasteiger partial charge in [0.25, 0.3) is 11.7 Å². The molecular formula is C24H25N3O4. The van der Waals surface area contributed by atoms with Gasteiger partial charge in [-0.15, -0.1) is 0 Å². The van der Waals surface area contributed by atoms with Crippen molar-refractivity contribution in [1.29, 1.82) is 0 Å². The van der Waals surface area contributed by atoms with Crippen LogP contribution in [0.1, 0.15) is 22.7 Å². The molecule has 0 bridgehead atoms. The molecule has 0 radical (unpaired) electrons. The smallest absolute Gasteiger partial charge is 0.295 e. The Morgan fingerprint density at radius 1 is 1.13 bits per heavy atom. The Morgan fingerprint density at radius 3 is 2.65 bits per heavy atom. The average Bonchev–Trinajstić information content (AvgIpc) is 3.30. The number of hydrogen-bond donors (Lipinski definition) is 4. The number of Topliss-reactive ketones (excluding diaryl/α,β-unsaturated/α-hetero) is 1. The summed E-state index contributed by atoms with van der Waals surface area (Å²) in [6.07, 6.45) is 1.80. The van der Waals surface area contributed by atoms with E-state index >= 15 is 0 Å². The largest absolute Gasteiger partial charge is 0.507 e. The monoisotopic (exact) mass is 419 g/mol. The first-order chi connectivity index (χ1) is 15.0. The number of benzene rings is 2. The minimum atomic E-state index is -0.716. The third-order valence-corrected chi connectivity index (χ3v) is 5.57. The fourth-order valence-electron chi connectivity index (χ4n) is 4.07. The molecule has 1 amide bonds. The van der Waals surface area contributed by atoms with Gasteiger partial charge in [-0.2, -0.15) is 0 Å². The quantitative estimate of drug-likeness (QED) is 0.204. The molecule has 3 aromatic rings. The van der Waals surface area contributed by atoms with Crippen molar-refractivity contribution in [3.8, 4) is 0 Å². The molecule has 0 spiro atoms. The number of nitrogens with one attached hydrogen (secondary N) is 2. The topological polar surface area (TPSA) is 106 Å². The molecule has 7 nitrogen and oxygen atoms in total. The Hall–Kier alpha value is -3.42. The predicted molar refractivity (Wildman–Crippen MR) is 118 cm³/mol. The number of aryl methyl sites for hydroxylation is 1. The van der Waals surface area contributed by atoms with Crippen LogP contribution in [0.4, 0.5) is 0 Å². The van der Waals surface area contributed by atoms with Crippen molar-refractivity contribution in [2.75, 3.05) is 26.2 Å². The van der Waals surface area contributed by atoms with Gasteiger partial charge in [0.15, 0.2) is 0 Å². The molecule has 31 heavy (non-hydrogen) atoms. The highest BCUT2D eigenvalue weighted by Crippen LogP contribution is 2.41. The van der Waals surface area contributed by atoms with Crippen LogP contribution in [-0.2, 0) is 9.59 Å². The van der Waals surface area contributed by atoms with Crippen LogP contribution in [0.25, 0.3) is 16.7 Å². The molecule has 1 aliphatic rings. The van der Waals surface area contributed by atoms with Gasteiger partial charge in [0.05, 0.1) is 18.2 Å². The minimum Gasteiger partial charge on any atom is -0.507 e. The number of hydrogen-bond acceptors (Lipinski definition) is 5. The van der Waals surface area contributed by atoms with E-state index in [0.717, 1.165) is 22.0 Å². The molecule has 7 heteroatoms. The molecule has 4 rings (SSSR count). The lowest BCUT2D eigenvalue weighted by molar-refractivity contribution is -0.139. The molecule has 1 fully saturated rings. The van der Waals surface area contributed by atoms with Gasteiger partial charge in [0.1, 0.15) is 5.76 Å². The first kappa shape index (κ1) is 20.8. The maximum Gasteiger partial charge on any atom is 0.295 e. The van der Waals surface area contributed by atoms with E-state index in [4.69, 9.17) is 5.11 Å². The Bertz CT molecular complexity index is 1150.